The lowest BCUT2D eigenvalue weighted by Crippen LogP contribution is -2.43. The van der Waals surface area contributed by atoms with Crippen molar-refractivity contribution in [2.24, 2.45) is 0 Å². The molecule has 0 bridgehead atoms. The van der Waals surface area contributed by atoms with Gasteiger partial charge in [-0.25, -0.2) is 4.39 Å². The van der Waals surface area contributed by atoms with Crippen LogP contribution in [0.3, 0.4) is 0 Å². The number of rotatable bonds is 9. The number of halogens is 1. The fourth-order valence-electron chi connectivity index (χ4n) is 4.08. The van der Waals surface area contributed by atoms with E-state index in [0.717, 1.165) is 22.3 Å². The summed E-state index contributed by atoms with van der Waals surface area (Å²) in [6, 6.07) is 31.9. The number of hydrogen-bond acceptors (Lipinski definition) is 2. The molecule has 0 aliphatic heterocycles. The van der Waals surface area contributed by atoms with Crippen LogP contribution in [0.2, 0.25) is 0 Å². The minimum atomic E-state index is -0.849. The first-order chi connectivity index (χ1) is 17.5. The van der Waals surface area contributed by atoms with Crippen molar-refractivity contribution in [3.8, 4) is 0 Å². The largest absolute Gasteiger partial charge is 0.350 e. The summed E-state index contributed by atoms with van der Waals surface area (Å²) in [5, 5.41) is 3.02. The van der Waals surface area contributed by atoms with Gasteiger partial charge in [0.1, 0.15) is 11.9 Å². The highest BCUT2D eigenvalue weighted by Crippen LogP contribution is 2.25. The molecular weight excluding hydrogens is 451 g/mol. The molecular formula is C31H29FN2O2. The number of benzene rings is 4. The molecule has 2 amide bonds. The van der Waals surface area contributed by atoms with Gasteiger partial charge in [0, 0.05) is 13.1 Å². The summed E-state index contributed by atoms with van der Waals surface area (Å²) < 4.78 is 13.6. The lowest BCUT2D eigenvalue weighted by Gasteiger charge is -2.32. The SMILES string of the molecule is Cc1ccc(CNC(=O)[C@H](c2ccccc2)N(Cc2ccc(F)cc2)C(=O)Cc2ccccc2)cc1. The van der Waals surface area contributed by atoms with Gasteiger partial charge in [-0.1, -0.05) is 103 Å². The first kappa shape index (κ1) is 24.9. The van der Waals surface area contributed by atoms with Crippen LogP contribution < -0.4 is 5.32 Å². The summed E-state index contributed by atoms with van der Waals surface area (Å²) in [6.07, 6.45) is 0.149. The molecule has 1 N–H and O–H groups in total. The van der Waals surface area contributed by atoms with E-state index in [1.165, 1.54) is 12.1 Å². The van der Waals surface area contributed by atoms with Crippen molar-refractivity contribution in [1.29, 1.82) is 0 Å². The van der Waals surface area contributed by atoms with E-state index < -0.39 is 6.04 Å². The van der Waals surface area contributed by atoms with Crippen molar-refractivity contribution >= 4 is 11.8 Å². The molecule has 0 aromatic heterocycles. The second-order valence-corrected chi connectivity index (χ2v) is 8.83. The summed E-state index contributed by atoms with van der Waals surface area (Å²) in [7, 11) is 0. The van der Waals surface area contributed by atoms with Crippen LogP contribution in [0.25, 0.3) is 0 Å². The Kier molecular flexibility index (Phi) is 8.24. The molecule has 0 heterocycles. The van der Waals surface area contributed by atoms with Gasteiger partial charge in [0.05, 0.1) is 6.42 Å². The molecule has 5 heteroatoms. The highest BCUT2D eigenvalue weighted by atomic mass is 19.1. The summed E-state index contributed by atoms with van der Waals surface area (Å²) >= 11 is 0. The second kappa shape index (κ2) is 11.9. The summed E-state index contributed by atoms with van der Waals surface area (Å²) in [5.74, 6) is -0.813. The van der Waals surface area contributed by atoms with E-state index in [0.29, 0.717) is 12.1 Å². The Hall–Kier alpha value is -4.25. The molecule has 4 aromatic rings. The standard InChI is InChI=1S/C31H29FN2O2/c1-23-12-14-25(15-13-23)21-33-31(36)30(27-10-6-3-7-11-27)34(22-26-16-18-28(32)19-17-26)29(35)20-24-8-4-2-5-9-24/h2-19,30H,20-22H2,1H3,(H,33,36)/t30-/m0/s1. The molecule has 4 nitrogen and oxygen atoms in total. The molecule has 0 radical (unpaired) electrons. The molecule has 0 aliphatic rings. The van der Waals surface area contributed by atoms with Crippen molar-refractivity contribution in [1.82, 2.24) is 10.2 Å². The van der Waals surface area contributed by atoms with E-state index >= 15 is 0 Å². The van der Waals surface area contributed by atoms with E-state index in [-0.39, 0.29) is 30.6 Å². The van der Waals surface area contributed by atoms with Crippen LogP contribution in [0.4, 0.5) is 4.39 Å². The number of carbonyl (C=O) groups is 2. The van der Waals surface area contributed by atoms with E-state index in [1.807, 2.05) is 91.9 Å². The lowest BCUT2D eigenvalue weighted by molar-refractivity contribution is -0.141. The van der Waals surface area contributed by atoms with Gasteiger partial charge in [0.2, 0.25) is 11.8 Å². The number of carbonyl (C=O) groups excluding carboxylic acids is 2. The number of aryl methyl sites for hydroxylation is 1. The third-order valence-corrected chi connectivity index (χ3v) is 6.05. The molecule has 1 atom stereocenters. The van der Waals surface area contributed by atoms with Crippen molar-refractivity contribution in [2.45, 2.75) is 32.5 Å². The molecule has 0 saturated heterocycles. The average Bonchev–Trinajstić information content (AvgIpc) is 2.90. The zero-order chi connectivity index (χ0) is 25.3. The van der Waals surface area contributed by atoms with Gasteiger partial charge in [-0.15, -0.1) is 0 Å². The predicted molar refractivity (Wildman–Crippen MR) is 139 cm³/mol. The first-order valence-corrected chi connectivity index (χ1v) is 12.0. The normalized spacial score (nSPS) is 11.5. The molecule has 0 aliphatic carbocycles. The Balaban J connectivity index is 1.66. The zero-order valence-electron chi connectivity index (χ0n) is 20.2. The predicted octanol–water partition coefficient (Wildman–Crippen LogP) is 5.76. The molecule has 4 aromatic carbocycles. The van der Waals surface area contributed by atoms with Crippen LogP contribution in [-0.2, 0) is 29.1 Å². The minimum absolute atomic E-state index is 0.149. The second-order valence-electron chi connectivity index (χ2n) is 8.83. The third-order valence-electron chi connectivity index (χ3n) is 6.05. The Bertz CT molecular complexity index is 1270. The molecule has 0 unspecified atom stereocenters. The maximum absolute atomic E-state index is 13.7. The van der Waals surface area contributed by atoms with Crippen LogP contribution in [0.5, 0.6) is 0 Å². The van der Waals surface area contributed by atoms with Gasteiger partial charge in [0.15, 0.2) is 0 Å². The number of amides is 2. The van der Waals surface area contributed by atoms with Crippen LogP contribution in [0.1, 0.15) is 33.9 Å². The minimum Gasteiger partial charge on any atom is -0.350 e. The fourth-order valence-corrected chi connectivity index (χ4v) is 4.08. The van der Waals surface area contributed by atoms with Crippen molar-refractivity contribution in [2.75, 3.05) is 0 Å². The van der Waals surface area contributed by atoms with Gasteiger partial charge in [-0.05, 0) is 41.3 Å². The molecule has 0 fully saturated rings. The van der Waals surface area contributed by atoms with Crippen LogP contribution >= 0.6 is 0 Å². The zero-order valence-corrected chi connectivity index (χ0v) is 20.2. The van der Waals surface area contributed by atoms with E-state index in [1.54, 1.807) is 17.0 Å². The summed E-state index contributed by atoms with van der Waals surface area (Å²) in [6.45, 7) is 2.53. The van der Waals surface area contributed by atoms with Crippen molar-refractivity contribution in [3.63, 3.8) is 0 Å². The van der Waals surface area contributed by atoms with Crippen molar-refractivity contribution in [3.05, 3.63) is 143 Å². The van der Waals surface area contributed by atoms with Crippen molar-refractivity contribution < 1.29 is 14.0 Å². The van der Waals surface area contributed by atoms with E-state index in [2.05, 4.69) is 5.32 Å². The molecule has 182 valence electrons. The Morgan fingerprint density at radius 1 is 0.750 bits per heavy atom. The van der Waals surface area contributed by atoms with E-state index in [4.69, 9.17) is 0 Å². The number of hydrogen-bond donors (Lipinski definition) is 1. The number of nitrogens with one attached hydrogen (secondary N) is 1. The van der Waals surface area contributed by atoms with Gasteiger partial charge < -0.3 is 10.2 Å². The van der Waals surface area contributed by atoms with Crippen LogP contribution in [0, 0.1) is 12.7 Å². The Morgan fingerprint density at radius 2 is 1.33 bits per heavy atom. The average molecular weight is 481 g/mol. The highest BCUT2D eigenvalue weighted by Gasteiger charge is 2.31. The molecule has 0 saturated carbocycles. The molecule has 0 spiro atoms. The summed E-state index contributed by atoms with van der Waals surface area (Å²) in [5.41, 5.74) is 4.43. The monoisotopic (exact) mass is 480 g/mol. The van der Waals surface area contributed by atoms with E-state index in [9.17, 15) is 14.0 Å². The fraction of sp³-hybridized carbons (Fsp3) is 0.161. The molecule has 4 rings (SSSR count). The van der Waals surface area contributed by atoms with Gasteiger partial charge in [-0.3, -0.25) is 9.59 Å². The summed E-state index contributed by atoms with van der Waals surface area (Å²) in [4.78, 5) is 28.9. The molecule has 36 heavy (non-hydrogen) atoms. The smallest absolute Gasteiger partial charge is 0.247 e. The first-order valence-electron chi connectivity index (χ1n) is 12.0. The maximum atomic E-state index is 13.7. The van der Waals surface area contributed by atoms with Crippen LogP contribution in [-0.4, -0.2) is 16.7 Å². The maximum Gasteiger partial charge on any atom is 0.247 e. The van der Waals surface area contributed by atoms with Gasteiger partial charge in [-0.2, -0.15) is 0 Å². The van der Waals surface area contributed by atoms with Gasteiger partial charge in [0.25, 0.3) is 0 Å². The Labute approximate surface area is 211 Å². The van der Waals surface area contributed by atoms with Crippen LogP contribution in [0.15, 0.2) is 109 Å². The highest BCUT2D eigenvalue weighted by molar-refractivity contribution is 5.89. The quantitative estimate of drug-likeness (QED) is 0.331. The lowest BCUT2D eigenvalue weighted by atomic mass is 10.0. The topological polar surface area (TPSA) is 49.4 Å². The van der Waals surface area contributed by atoms with Gasteiger partial charge >= 0.3 is 0 Å². The number of nitrogens with zero attached hydrogens (tertiary/aromatic N) is 1. The third kappa shape index (κ3) is 6.66. The Morgan fingerprint density at radius 3 is 1.97 bits per heavy atom.